The molecule has 118 valence electrons. The zero-order chi connectivity index (χ0) is 15.2. The van der Waals surface area contributed by atoms with Crippen molar-refractivity contribution in [1.29, 1.82) is 0 Å². The second kappa shape index (κ2) is 7.81. The Balaban J connectivity index is 2.26. The molecule has 1 aliphatic heterocycles. The quantitative estimate of drug-likeness (QED) is 0.827. The standard InChI is InChI=1S/C18H29NO2/c1-5-10-19-18(16-9-11-21-17(16)6-2)15-8-7-14(20-4)12-13(15)3/h7-8,12,16-19H,5-6,9-11H2,1-4H3. The van der Waals surface area contributed by atoms with E-state index in [1.165, 1.54) is 11.1 Å². The van der Waals surface area contributed by atoms with E-state index >= 15 is 0 Å². The Morgan fingerprint density at radius 3 is 2.81 bits per heavy atom. The maximum absolute atomic E-state index is 5.92. The summed E-state index contributed by atoms with van der Waals surface area (Å²) in [7, 11) is 1.72. The van der Waals surface area contributed by atoms with E-state index in [-0.39, 0.29) is 0 Å². The number of methoxy groups -OCH3 is 1. The van der Waals surface area contributed by atoms with Crippen molar-refractivity contribution in [2.45, 2.75) is 52.2 Å². The van der Waals surface area contributed by atoms with Crippen LogP contribution in [0.15, 0.2) is 18.2 Å². The minimum atomic E-state index is 0.376. The molecule has 0 saturated carbocycles. The predicted octanol–water partition coefficient (Wildman–Crippen LogP) is 3.86. The van der Waals surface area contributed by atoms with Crippen molar-refractivity contribution in [3.63, 3.8) is 0 Å². The fraction of sp³-hybridized carbons (Fsp3) is 0.667. The second-order valence-corrected chi connectivity index (χ2v) is 5.92. The first-order valence-corrected chi connectivity index (χ1v) is 8.20. The Labute approximate surface area is 129 Å². The number of benzene rings is 1. The van der Waals surface area contributed by atoms with Gasteiger partial charge < -0.3 is 14.8 Å². The molecule has 3 atom stereocenters. The van der Waals surface area contributed by atoms with Crippen LogP contribution in [-0.2, 0) is 4.74 Å². The van der Waals surface area contributed by atoms with E-state index in [0.29, 0.717) is 18.1 Å². The minimum Gasteiger partial charge on any atom is -0.497 e. The largest absolute Gasteiger partial charge is 0.497 e. The highest BCUT2D eigenvalue weighted by molar-refractivity contribution is 5.37. The molecule has 0 aromatic heterocycles. The van der Waals surface area contributed by atoms with Gasteiger partial charge in [0.25, 0.3) is 0 Å². The smallest absolute Gasteiger partial charge is 0.119 e. The first-order chi connectivity index (χ1) is 10.2. The molecule has 1 aromatic rings. The minimum absolute atomic E-state index is 0.376. The second-order valence-electron chi connectivity index (χ2n) is 5.92. The van der Waals surface area contributed by atoms with Crippen LogP contribution in [0.1, 0.15) is 50.3 Å². The average Bonchev–Trinajstić information content (AvgIpc) is 2.97. The van der Waals surface area contributed by atoms with Crippen LogP contribution in [0.2, 0.25) is 0 Å². The lowest BCUT2D eigenvalue weighted by molar-refractivity contribution is 0.0773. The number of rotatable bonds is 7. The third-order valence-electron chi connectivity index (χ3n) is 4.52. The van der Waals surface area contributed by atoms with Gasteiger partial charge in [0.05, 0.1) is 13.2 Å². The third kappa shape index (κ3) is 3.78. The number of nitrogens with one attached hydrogen (secondary N) is 1. The summed E-state index contributed by atoms with van der Waals surface area (Å²) < 4.78 is 11.3. The van der Waals surface area contributed by atoms with Gasteiger partial charge >= 0.3 is 0 Å². The summed E-state index contributed by atoms with van der Waals surface area (Å²) >= 11 is 0. The summed E-state index contributed by atoms with van der Waals surface area (Å²) in [5.74, 6) is 1.49. The summed E-state index contributed by atoms with van der Waals surface area (Å²) in [6.07, 6.45) is 3.76. The zero-order valence-electron chi connectivity index (χ0n) is 13.8. The maximum Gasteiger partial charge on any atom is 0.119 e. The van der Waals surface area contributed by atoms with Crippen LogP contribution < -0.4 is 10.1 Å². The summed E-state index contributed by atoms with van der Waals surface area (Å²) in [6.45, 7) is 8.55. The van der Waals surface area contributed by atoms with E-state index < -0.39 is 0 Å². The van der Waals surface area contributed by atoms with Gasteiger partial charge in [0.2, 0.25) is 0 Å². The summed E-state index contributed by atoms with van der Waals surface area (Å²) in [6, 6.07) is 6.79. The lowest BCUT2D eigenvalue weighted by Gasteiger charge is -2.30. The van der Waals surface area contributed by atoms with Gasteiger partial charge in [-0.1, -0.05) is 19.9 Å². The molecular formula is C18H29NO2. The fourth-order valence-corrected chi connectivity index (χ4v) is 3.38. The number of aryl methyl sites for hydroxylation is 1. The molecule has 3 unspecified atom stereocenters. The van der Waals surface area contributed by atoms with E-state index in [0.717, 1.165) is 38.2 Å². The van der Waals surface area contributed by atoms with Gasteiger partial charge in [0, 0.05) is 18.6 Å². The Bertz CT molecular complexity index is 447. The highest BCUT2D eigenvalue weighted by Crippen LogP contribution is 2.36. The molecular weight excluding hydrogens is 262 g/mol. The van der Waals surface area contributed by atoms with Gasteiger partial charge in [-0.3, -0.25) is 0 Å². The Kier molecular flexibility index (Phi) is 6.07. The van der Waals surface area contributed by atoms with Crippen LogP contribution in [-0.4, -0.2) is 26.4 Å². The van der Waals surface area contributed by atoms with E-state index in [9.17, 15) is 0 Å². The van der Waals surface area contributed by atoms with Crippen molar-refractivity contribution in [2.75, 3.05) is 20.3 Å². The van der Waals surface area contributed by atoms with Crippen LogP contribution in [0.4, 0.5) is 0 Å². The lowest BCUT2D eigenvalue weighted by Crippen LogP contribution is -2.33. The van der Waals surface area contributed by atoms with Crippen LogP contribution in [0.5, 0.6) is 5.75 Å². The molecule has 1 fully saturated rings. The van der Waals surface area contributed by atoms with Crippen molar-refractivity contribution < 1.29 is 9.47 Å². The predicted molar refractivity (Wildman–Crippen MR) is 86.9 cm³/mol. The van der Waals surface area contributed by atoms with Crippen LogP contribution in [0.25, 0.3) is 0 Å². The Morgan fingerprint density at radius 1 is 1.38 bits per heavy atom. The molecule has 1 saturated heterocycles. The van der Waals surface area contributed by atoms with Crippen molar-refractivity contribution in [1.82, 2.24) is 5.32 Å². The van der Waals surface area contributed by atoms with E-state index in [1.807, 2.05) is 0 Å². The van der Waals surface area contributed by atoms with Gasteiger partial charge in [-0.15, -0.1) is 0 Å². The topological polar surface area (TPSA) is 30.5 Å². The molecule has 0 spiro atoms. The summed E-state index contributed by atoms with van der Waals surface area (Å²) in [5, 5.41) is 3.75. The molecule has 3 heteroatoms. The van der Waals surface area contributed by atoms with Gasteiger partial charge in [-0.25, -0.2) is 0 Å². The highest BCUT2D eigenvalue weighted by Gasteiger charge is 2.34. The molecule has 0 amide bonds. The Hall–Kier alpha value is -1.06. The summed E-state index contributed by atoms with van der Waals surface area (Å²) in [5.41, 5.74) is 2.68. The SMILES string of the molecule is CCCNC(c1ccc(OC)cc1C)C1CCOC1CC. The molecule has 21 heavy (non-hydrogen) atoms. The first kappa shape index (κ1) is 16.3. The number of hydrogen-bond acceptors (Lipinski definition) is 3. The monoisotopic (exact) mass is 291 g/mol. The van der Waals surface area contributed by atoms with Gasteiger partial charge in [0.1, 0.15) is 5.75 Å². The first-order valence-electron chi connectivity index (χ1n) is 8.20. The number of ether oxygens (including phenoxy) is 2. The molecule has 0 aliphatic carbocycles. The molecule has 3 nitrogen and oxygen atoms in total. The molecule has 0 radical (unpaired) electrons. The summed E-state index contributed by atoms with van der Waals surface area (Å²) in [4.78, 5) is 0. The molecule has 1 N–H and O–H groups in total. The molecule has 1 aromatic carbocycles. The average molecular weight is 291 g/mol. The fourth-order valence-electron chi connectivity index (χ4n) is 3.38. The van der Waals surface area contributed by atoms with E-state index in [4.69, 9.17) is 9.47 Å². The van der Waals surface area contributed by atoms with Crippen molar-refractivity contribution in [2.24, 2.45) is 5.92 Å². The number of hydrogen-bond donors (Lipinski definition) is 1. The van der Waals surface area contributed by atoms with Crippen LogP contribution in [0, 0.1) is 12.8 Å². The van der Waals surface area contributed by atoms with Gasteiger partial charge in [-0.05, 0) is 56.0 Å². The maximum atomic E-state index is 5.92. The molecule has 0 bridgehead atoms. The van der Waals surface area contributed by atoms with Gasteiger partial charge in [-0.2, -0.15) is 0 Å². The third-order valence-corrected chi connectivity index (χ3v) is 4.52. The normalized spacial score (nSPS) is 23.2. The van der Waals surface area contributed by atoms with Crippen LogP contribution in [0.3, 0.4) is 0 Å². The lowest BCUT2D eigenvalue weighted by atomic mass is 9.85. The Morgan fingerprint density at radius 2 is 2.19 bits per heavy atom. The highest BCUT2D eigenvalue weighted by atomic mass is 16.5. The van der Waals surface area contributed by atoms with E-state index in [2.05, 4.69) is 44.3 Å². The molecule has 2 rings (SSSR count). The molecule has 1 aliphatic rings. The van der Waals surface area contributed by atoms with Gasteiger partial charge in [0.15, 0.2) is 0 Å². The molecule has 1 heterocycles. The zero-order valence-corrected chi connectivity index (χ0v) is 13.8. The van der Waals surface area contributed by atoms with Crippen molar-refractivity contribution in [3.05, 3.63) is 29.3 Å². The van der Waals surface area contributed by atoms with E-state index in [1.54, 1.807) is 7.11 Å². The van der Waals surface area contributed by atoms with Crippen molar-refractivity contribution in [3.8, 4) is 5.75 Å². The van der Waals surface area contributed by atoms with Crippen molar-refractivity contribution >= 4 is 0 Å². The van der Waals surface area contributed by atoms with Crippen LogP contribution >= 0.6 is 0 Å².